The molecular formula is C31H36F3N5O6. The van der Waals surface area contributed by atoms with Gasteiger partial charge in [0, 0.05) is 12.1 Å². The highest BCUT2D eigenvalue weighted by Gasteiger charge is 2.36. The van der Waals surface area contributed by atoms with Gasteiger partial charge >= 0.3 is 18.4 Å². The molecule has 1 aliphatic heterocycles. The first kappa shape index (κ1) is 33.3. The van der Waals surface area contributed by atoms with Crippen molar-refractivity contribution in [3.8, 4) is 17.1 Å². The van der Waals surface area contributed by atoms with Crippen LogP contribution in [0.1, 0.15) is 75.6 Å². The van der Waals surface area contributed by atoms with Crippen LogP contribution in [0.15, 0.2) is 52.0 Å². The highest BCUT2D eigenvalue weighted by molar-refractivity contribution is 5.98. The predicted octanol–water partition coefficient (Wildman–Crippen LogP) is 7.03. The number of rotatable bonds is 8. The molecule has 4 rings (SSSR count). The number of nitrogens with one attached hydrogen (secondary N) is 1. The number of likely N-dealkylation sites (tertiary alicyclic amines) is 1. The van der Waals surface area contributed by atoms with E-state index >= 15 is 0 Å². The van der Waals surface area contributed by atoms with Crippen molar-refractivity contribution in [1.82, 2.24) is 20.4 Å². The van der Waals surface area contributed by atoms with Crippen molar-refractivity contribution < 1.29 is 41.9 Å². The maximum absolute atomic E-state index is 14.2. The quantitative estimate of drug-likeness (QED) is 0.198. The summed E-state index contributed by atoms with van der Waals surface area (Å²) in [6.45, 7) is 7.84. The highest BCUT2D eigenvalue weighted by atomic mass is 19.4. The predicted molar refractivity (Wildman–Crippen MR) is 158 cm³/mol. The number of nitrogens with zero attached hydrogens (tertiary/aromatic N) is 4. The molecule has 0 bridgehead atoms. The number of aliphatic imine (C=N–C) groups is 1. The van der Waals surface area contributed by atoms with Gasteiger partial charge in [-0.05, 0) is 82.2 Å². The number of alkyl carbamates (subject to hydrolysis) is 1. The van der Waals surface area contributed by atoms with Gasteiger partial charge in [-0.25, -0.2) is 9.59 Å². The summed E-state index contributed by atoms with van der Waals surface area (Å²) in [5, 5.41) is 15.6. The number of hydrogen-bond donors (Lipinski definition) is 2. The van der Waals surface area contributed by atoms with Gasteiger partial charge in [-0.1, -0.05) is 36.3 Å². The number of carboxylic acid groups (broad SMARTS) is 1. The second kappa shape index (κ2) is 14.0. The zero-order valence-electron chi connectivity index (χ0n) is 25.5. The number of halogens is 3. The van der Waals surface area contributed by atoms with Crippen LogP contribution in [0.5, 0.6) is 5.75 Å². The van der Waals surface area contributed by atoms with E-state index in [0.717, 1.165) is 18.1 Å². The zero-order chi connectivity index (χ0) is 32.8. The highest BCUT2D eigenvalue weighted by Crippen LogP contribution is 2.36. The third kappa shape index (κ3) is 9.19. The summed E-state index contributed by atoms with van der Waals surface area (Å²) in [5.74, 6) is 0.403. The van der Waals surface area contributed by atoms with Crippen molar-refractivity contribution >= 4 is 18.1 Å². The van der Waals surface area contributed by atoms with Crippen molar-refractivity contribution in [1.29, 1.82) is 0 Å². The average molecular weight is 632 g/mol. The molecular weight excluding hydrogens is 595 g/mol. The van der Waals surface area contributed by atoms with Gasteiger partial charge < -0.3 is 24.0 Å². The summed E-state index contributed by atoms with van der Waals surface area (Å²) < 4.78 is 58.7. The van der Waals surface area contributed by atoms with Crippen LogP contribution in [0.25, 0.3) is 11.4 Å². The van der Waals surface area contributed by atoms with Crippen molar-refractivity contribution in [2.45, 2.75) is 77.6 Å². The first-order chi connectivity index (χ1) is 21.2. The van der Waals surface area contributed by atoms with E-state index in [1.807, 2.05) is 31.2 Å². The Morgan fingerprint density at radius 2 is 1.87 bits per heavy atom. The lowest BCUT2D eigenvalue weighted by atomic mass is 9.97. The van der Waals surface area contributed by atoms with E-state index < -0.39 is 35.6 Å². The number of amides is 2. The second-order valence-corrected chi connectivity index (χ2v) is 11.5. The van der Waals surface area contributed by atoms with E-state index in [9.17, 15) is 27.9 Å². The van der Waals surface area contributed by atoms with Crippen LogP contribution in [0.4, 0.5) is 22.8 Å². The number of benzene rings is 2. The summed E-state index contributed by atoms with van der Waals surface area (Å²) in [5.41, 5.74) is -0.522. The Balaban J connectivity index is 1.53. The number of carbonyl (C=O) groups is 2. The number of aromatic nitrogens is 2. The van der Waals surface area contributed by atoms with Crippen LogP contribution < -0.4 is 10.1 Å². The van der Waals surface area contributed by atoms with Crippen molar-refractivity contribution in [3.63, 3.8) is 0 Å². The molecule has 1 saturated heterocycles. The van der Waals surface area contributed by atoms with Crippen LogP contribution >= 0.6 is 0 Å². The van der Waals surface area contributed by atoms with Gasteiger partial charge in [0.2, 0.25) is 17.7 Å². The van der Waals surface area contributed by atoms with Gasteiger partial charge in [0.25, 0.3) is 0 Å². The number of guanidine groups is 1. The standard InChI is InChI=1S/C31H36F3N5O6/c1-5-17-43-22-14-9-19(10-15-22)8-11-20-12-13-21(18-23(20)31(32,33)34)25-35-26(45-38-25)24-7-6-16-39(24)27(36-28(40)41)37-29(42)44-30(2,3)4/h9-10,12-15,18,24H,5-8,11,16-17H2,1-4H3,(H,40,41)(H,36,37,42). The fraction of sp³-hybridized carbons (Fsp3) is 0.452. The molecule has 2 amide bonds. The Labute approximate surface area is 258 Å². The molecule has 1 aromatic heterocycles. The lowest BCUT2D eigenvalue weighted by Crippen LogP contribution is -2.46. The Bertz CT molecular complexity index is 1520. The number of carbonyl (C=O) groups excluding carboxylic acids is 1. The molecule has 1 unspecified atom stereocenters. The SMILES string of the molecule is CCCOc1ccc(CCc2ccc(-c3noc(C4CCCN4C(=NC(=O)O)NC(=O)OC(C)(C)C)n3)cc2C(F)(F)F)cc1. The third-order valence-electron chi connectivity index (χ3n) is 6.82. The second-order valence-electron chi connectivity index (χ2n) is 11.5. The van der Waals surface area contributed by atoms with E-state index in [2.05, 4.69) is 20.4 Å². The van der Waals surface area contributed by atoms with Crippen molar-refractivity contribution in [2.24, 2.45) is 4.99 Å². The molecule has 2 aromatic carbocycles. The number of aryl methyl sites for hydroxylation is 2. The van der Waals surface area contributed by atoms with Gasteiger partial charge in [-0.15, -0.1) is 4.99 Å². The molecule has 2 heterocycles. The minimum absolute atomic E-state index is 0.0376. The topological polar surface area (TPSA) is 139 Å². The zero-order valence-corrected chi connectivity index (χ0v) is 25.5. The summed E-state index contributed by atoms with van der Waals surface area (Å²) in [7, 11) is 0. The monoisotopic (exact) mass is 631 g/mol. The molecule has 14 heteroatoms. The van der Waals surface area contributed by atoms with Gasteiger partial charge in [0.05, 0.1) is 12.2 Å². The maximum atomic E-state index is 14.2. The first-order valence-corrected chi connectivity index (χ1v) is 14.6. The van der Waals surface area contributed by atoms with E-state index in [1.54, 1.807) is 20.8 Å². The molecule has 45 heavy (non-hydrogen) atoms. The Morgan fingerprint density at radius 3 is 2.51 bits per heavy atom. The Morgan fingerprint density at radius 1 is 1.13 bits per heavy atom. The molecule has 242 valence electrons. The molecule has 3 aromatic rings. The van der Waals surface area contributed by atoms with Gasteiger partial charge in [0.15, 0.2) is 0 Å². The average Bonchev–Trinajstić information content (AvgIpc) is 3.64. The van der Waals surface area contributed by atoms with Crippen molar-refractivity contribution in [2.75, 3.05) is 13.2 Å². The third-order valence-corrected chi connectivity index (χ3v) is 6.82. The minimum Gasteiger partial charge on any atom is -0.494 e. The molecule has 0 aliphatic carbocycles. The summed E-state index contributed by atoms with van der Waals surface area (Å²) in [6, 6.07) is 10.5. The summed E-state index contributed by atoms with van der Waals surface area (Å²) >= 11 is 0. The molecule has 11 nitrogen and oxygen atoms in total. The Kier molecular flexibility index (Phi) is 10.3. The largest absolute Gasteiger partial charge is 0.494 e. The Hall–Kier alpha value is -4.62. The van der Waals surface area contributed by atoms with E-state index in [1.165, 1.54) is 17.0 Å². The van der Waals surface area contributed by atoms with Crippen LogP contribution in [0, 0.1) is 0 Å². The fourth-order valence-electron chi connectivity index (χ4n) is 4.86. The van der Waals surface area contributed by atoms with E-state index in [4.69, 9.17) is 14.0 Å². The van der Waals surface area contributed by atoms with E-state index in [-0.39, 0.29) is 35.2 Å². The molecule has 2 N–H and O–H groups in total. The van der Waals surface area contributed by atoms with Crippen LogP contribution in [0.3, 0.4) is 0 Å². The molecule has 0 radical (unpaired) electrons. The maximum Gasteiger partial charge on any atom is 0.434 e. The smallest absolute Gasteiger partial charge is 0.434 e. The van der Waals surface area contributed by atoms with Crippen molar-refractivity contribution in [3.05, 3.63) is 65.0 Å². The molecule has 1 aliphatic rings. The van der Waals surface area contributed by atoms with Crippen LogP contribution in [0.2, 0.25) is 0 Å². The van der Waals surface area contributed by atoms with Gasteiger partial charge in [-0.3, -0.25) is 5.32 Å². The number of alkyl halides is 3. The van der Waals surface area contributed by atoms with Gasteiger partial charge in [-0.2, -0.15) is 18.2 Å². The number of hydrogen-bond acceptors (Lipinski definition) is 7. The molecule has 1 fully saturated rings. The normalized spacial score (nSPS) is 15.7. The number of ether oxygens (including phenoxy) is 2. The van der Waals surface area contributed by atoms with Gasteiger partial charge in [0.1, 0.15) is 17.4 Å². The fourth-order valence-corrected chi connectivity index (χ4v) is 4.86. The lowest BCUT2D eigenvalue weighted by molar-refractivity contribution is -0.138. The summed E-state index contributed by atoms with van der Waals surface area (Å²) in [6.07, 6.45) is -4.63. The van der Waals surface area contributed by atoms with Crippen LogP contribution in [-0.2, 0) is 23.8 Å². The summed E-state index contributed by atoms with van der Waals surface area (Å²) in [4.78, 5) is 33.1. The first-order valence-electron chi connectivity index (χ1n) is 14.6. The molecule has 0 saturated carbocycles. The molecule has 0 spiro atoms. The van der Waals surface area contributed by atoms with E-state index in [0.29, 0.717) is 38.2 Å². The molecule has 1 atom stereocenters. The lowest BCUT2D eigenvalue weighted by Gasteiger charge is -2.26. The van der Waals surface area contributed by atoms with Crippen LogP contribution in [-0.4, -0.2) is 57.0 Å². The minimum atomic E-state index is -4.62.